The molecular weight excluding hydrogens is 458 g/mol. The fourth-order valence-electron chi connectivity index (χ4n) is 3.27. The summed E-state index contributed by atoms with van der Waals surface area (Å²) in [5.74, 6) is 1.20. The number of hydrogen-bond donors (Lipinski definition) is 1. The van der Waals surface area contributed by atoms with E-state index in [-0.39, 0.29) is 17.9 Å². The van der Waals surface area contributed by atoms with Crippen LogP contribution in [0.5, 0.6) is 23.0 Å². The fraction of sp³-hybridized carbons (Fsp3) is 0.280. The standard InChI is InChI=1S/C25H27NO7S/c1-6-32-17-11-9-16(10-12-17)26-24-20(25(28)33-7-2)21(27)19(34-24)14-15-8-13-18(29-3)23(31-5)22(15)30-4/h8-14,27H,6-7H2,1-5H3. The predicted octanol–water partition coefficient (Wildman–Crippen LogP) is 5.30. The van der Waals surface area contributed by atoms with Crippen LogP contribution in [-0.4, -0.2) is 50.7 Å². The van der Waals surface area contributed by atoms with Crippen molar-refractivity contribution < 1.29 is 33.6 Å². The van der Waals surface area contributed by atoms with E-state index < -0.39 is 5.97 Å². The highest BCUT2D eigenvalue weighted by Crippen LogP contribution is 2.44. The molecule has 3 rings (SSSR count). The number of rotatable bonds is 9. The van der Waals surface area contributed by atoms with Crippen molar-refractivity contribution in [2.24, 2.45) is 4.99 Å². The molecular formula is C25H27NO7S. The molecule has 1 heterocycles. The summed E-state index contributed by atoms with van der Waals surface area (Å²) in [6, 6.07) is 10.6. The molecule has 180 valence electrons. The van der Waals surface area contributed by atoms with Gasteiger partial charge in [0.15, 0.2) is 11.5 Å². The van der Waals surface area contributed by atoms with Crippen molar-refractivity contribution in [3.8, 4) is 23.0 Å². The molecule has 0 aromatic heterocycles. The number of hydrogen-bond acceptors (Lipinski definition) is 9. The van der Waals surface area contributed by atoms with E-state index in [0.29, 0.717) is 45.1 Å². The van der Waals surface area contributed by atoms with Crippen LogP contribution in [-0.2, 0) is 9.53 Å². The summed E-state index contributed by atoms with van der Waals surface area (Å²) in [7, 11) is 4.56. The van der Waals surface area contributed by atoms with Crippen LogP contribution >= 0.6 is 11.8 Å². The third kappa shape index (κ3) is 5.31. The van der Waals surface area contributed by atoms with Gasteiger partial charge in [0.2, 0.25) is 5.75 Å². The average Bonchev–Trinajstić information content (AvgIpc) is 3.14. The molecule has 2 aromatic carbocycles. The number of benzene rings is 2. The summed E-state index contributed by atoms with van der Waals surface area (Å²) in [6.07, 6.45) is 1.70. The number of methoxy groups -OCH3 is 3. The lowest BCUT2D eigenvalue weighted by Gasteiger charge is -2.14. The fourth-order valence-corrected chi connectivity index (χ4v) is 4.30. The molecule has 9 heteroatoms. The zero-order valence-electron chi connectivity index (χ0n) is 19.7. The van der Waals surface area contributed by atoms with E-state index in [2.05, 4.69) is 4.99 Å². The van der Waals surface area contributed by atoms with E-state index in [1.54, 1.807) is 49.4 Å². The van der Waals surface area contributed by atoms with Crippen LogP contribution in [0.2, 0.25) is 0 Å². The van der Waals surface area contributed by atoms with Crippen LogP contribution in [0.1, 0.15) is 19.4 Å². The molecule has 0 bridgehead atoms. The highest BCUT2D eigenvalue weighted by molar-refractivity contribution is 8.18. The summed E-state index contributed by atoms with van der Waals surface area (Å²) in [4.78, 5) is 17.7. The first kappa shape index (κ1) is 25.0. The molecule has 1 aliphatic heterocycles. The molecule has 34 heavy (non-hydrogen) atoms. The number of thioether (sulfide) groups is 1. The molecule has 2 aromatic rings. The van der Waals surface area contributed by atoms with Gasteiger partial charge in [0.1, 0.15) is 22.1 Å². The quantitative estimate of drug-likeness (QED) is 0.478. The Kier molecular flexibility index (Phi) is 8.48. The van der Waals surface area contributed by atoms with Crippen molar-refractivity contribution in [1.82, 2.24) is 0 Å². The monoisotopic (exact) mass is 485 g/mol. The molecule has 1 N–H and O–H groups in total. The molecule has 0 aliphatic carbocycles. The minimum Gasteiger partial charge on any atom is -0.506 e. The van der Waals surface area contributed by atoms with Crippen LogP contribution in [0.15, 0.2) is 57.6 Å². The molecule has 0 radical (unpaired) electrons. The first-order chi connectivity index (χ1) is 16.5. The van der Waals surface area contributed by atoms with Gasteiger partial charge in [-0.1, -0.05) is 11.8 Å². The Hall–Kier alpha value is -3.59. The van der Waals surface area contributed by atoms with E-state index >= 15 is 0 Å². The van der Waals surface area contributed by atoms with Gasteiger partial charge in [-0.25, -0.2) is 9.79 Å². The number of nitrogens with zero attached hydrogens (tertiary/aromatic N) is 1. The van der Waals surface area contributed by atoms with Gasteiger partial charge in [-0.15, -0.1) is 0 Å². The second-order valence-electron chi connectivity index (χ2n) is 6.82. The molecule has 0 amide bonds. The summed E-state index contributed by atoms with van der Waals surface area (Å²) in [6.45, 7) is 4.33. The number of ether oxygens (including phenoxy) is 5. The van der Waals surface area contributed by atoms with Crippen LogP contribution in [0.25, 0.3) is 6.08 Å². The molecule has 0 saturated heterocycles. The van der Waals surface area contributed by atoms with Crippen molar-refractivity contribution in [3.05, 3.63) is 58.2 Å². The second-order valence-corrected chi connectivity index (χ2v) is 7.85. The lowest BCUT2D eigenvalue weighted by Crippen LogP contribution is -2.12. The zero-order valence-corrected chi connectivity index (χ0v) is 20.5. The summed E-state index contributed by atoms with van der Waals surface area (Å²) in [5, 5.41) is 11.3. The Balaban J connectivity index is 2.06. The number of carbonyl (C=O) groups excluding carboxylic acids is 1. The molecule has 0 fully saturated rings. The van der Waals surface area contributed by atoms with Gasteiger partial charge in [0.05, 0.1) is 45.1 Å². The van der Waals surface area contributed by atoms with E-state index in [4.69, 9.17) is 23.7 Å². The molecule has 8 nitrogen and oxygen atoms in total. The van der Waals surface area contributed by atoms with E-state index in [1.165, 1.54) is 21.3 Å². The second kappa shape index (κ2) is 11.5. The Morgan fingerprint density at radius 2 is 1.68 bits per heavy atom. The Morgan fingerprint density at radius 3 is 2.26 bits per heavy atom. The van der Waals surface area contributed by atoms with Gasteiger partial charge in [0, 0.05) is 5.56 Å². The van der Waals surface area contributed by atoms with Gasteiger partial charge in [-0.3, -0.25) is 0 Å². The molecule has 0 saturated carbocycles. The Labute approximate surface area is 202 Å². The van der Waals surface area contributed by atoms with E-state index in [1.807, 2.05) is 6.92 Å². The summed E-state index contributed by atoms with van der Waals surface area (Å²) in [5.41, 5.74) is 1.23. The van der Waals surface area contributed by atoms with Crippen LogP contribution in [0.3, 0.4) is 0 Å². The normalized spacial score (nSPS) is 15.6. The van der Waals surface area contributed by atoms with Gasteiger partial charge in [-0.05, 0) is 56.3 Å². The van der Waals surface area contributed by atoms with Crippen LogP contribution in [0.4, 0.5) is 5.69 Å². The molecule has 0 spiro atoms. The first-order valence-electron chi connectivity index (χ1n) is 10.6. The lowest BCUT2D eigenvalue weighted by atomic mass is 10.1. The van der Waals surface area contributed by atoms with E-state index in [0.717, 1.165) is 17.5 Å². The van der Waals surface area contributed by atoms with Gasteiger partial charge < -0.3 is 28.8 Å². The SMILES string of the molecule is CCOC(=O)C1=C(O)C(=Cc2ccc(OC)c(OC)c2OC)SC1=Nc1ccc(OCC)cc1. The lowest BCUT2D eigenvalue weighted by molar-refractivity contribution is -0.138. The predicted molar refractivity (Wildman–Crippen MR) is 133 cm³/mol. The summed E-state index contributed by atoms with van der Waals surface area (Å²) >= 11 is 1.16. The van der Waals surface area contributed by atoms with Crippen molar-refractivity contribution in [2.75, 3.05) is 34.5 Å². The highest BCUT2D eigenvalue weighted by Gasteiger charge is 2.33. The Bertz CT molecular complexity index is 1140. The van der Waals surface area contributed by atoms with Crippen LogP contribution in [0, 0.1) is 0 Å². The average molecular weight is 486 g/mol. The number of aliphatic imine (C=N–C) groups is 1. The highest BCUT2D eigenvalue weighted by atomic mass is 32.2. The Morgan fingerprint density at radius 1 is 0.971 bits per heavy atom. The topological polar surface area (TPSA) is 95.8 Å². The minimum atomic E-state index is -0.653. The third-order valence-electron chi connectivity index (χ3n) is 4.77. The van der Waals surface area contributed by atoms with Gasteiger partial charge in [0.25, 0.3) is 0 Å². The minimum absolute atomic E-state index is 0.00595. The van der Waals surface area contributed by atoms with E-state index in [9.17, 15) is 9.90 Å². The first-order valence-corrected chi connectivity index (χ1v) is 11.4. The van der Waals surface area contributed by atoms with Gasteiger partial charge >= 0.3 is 5.97 Å². The van der Waals surface area contributed by atoms with Crippen molar-refractivity contribution in [3.63, 3.8) is 0 Å². The molecule has 0 unspecified atom stereocenters. The summed E-state index contributed by atoms with van der Waals surface area (Å²) < 4.78 is 26.9. The van der Waals surface area contributed by atoms with Crippen molar-refractivity contribution >= 4 is 34.5 Å². The number of carbonyl (C=O) groups is 1. The maximum absolute atomic E-state index is 12.7. The zero-order chi connectivity index (χ0) is 24.7. The smallest absolute Gasteiger partial charge is 0.344 e. The van der Waals surface area contributed by atoms with Crippen LogP contribution < -0.4 is 18.9 Å². The largest absolute Gasteiger partial charge is 0.506 e. The maximum atomic E-state index is 12.7. The maximum Gasteiger partial charge on any atom is 0.344 e. The van der Waals surface area contributed by atoms with Gasteiger partial charge in [-0.2, -0.15) is 0 Å². The molecule has 0 atom stereocenters. The number of aliphatic hydroxyl groups is 1. The number of esters is 1. The molecule has 1 aliphatic rings. The van der Waals surface area contributed by atoms with Crippen molar-refractivity contribution in [1.29, 1.82) is 0 Å². The third-order valence-corrected chi connectivity index (χ3v) is 5.79. The van der Waals surface area contributed by atoms with Crippen molar-refractivity contribution in [2.45, 2.75) is 13.8 Å². The number of aliphatic hydroxyl groups excluding tert-OH is 1.